The molecular weight excluding hydrogens is 222 g/mol. The minimum atomic E-state index is 0.658. The Morgan fingerprint density at radius 1 is 1.17 bits per heavy atom. The van der Waals surface area contributed by atoms with Crippen molar-refractivity contribution in [3.05, 3.63) is 36.0 Å². The molecule has 3 heteroatoms. The average Bonchev–Trinajstić information content (AvgIpc) is 2.73. The summed E-state index contributed by atoms with van der Waals surface area (Å²) in [7, 11) is 1.86. The molecule has 0 radical (unpaired) electrons. The van der Waals surface area contributed by atoms with E-state index in [2.05, 4.69) is 43.2 Å². The average molecular weight is 243 g/mol. The predicted molar refractivity (Wildman–Crippen MR) is 76.4 cm³/mol. The van der Waals surface area contributed by atoms with Gasteiger partial charge in [-0.1, -0.05) is 38.1 Å². The van der Waals surface area contributed by atoms with E-state index >= 15 is 0 Å². The number of hydrogen-bond donors (Lipinski definition) is 1. The molecule has 0 aliphatic carbocycles. The minimum Gasteiger partial charge on any atom is -0.383 e. The van der Waals surface area contributed by atoms with Crippen molar-refractivity contribution in [2.24, 2.45) is 7.05 Å². The highest BCUT2D eigenvalue weighted by Crippen LogP contribution is 2.28. The van der Waals surface area contributed by atoms with Gasteiger partial charge in [-0.05, 0) is 29.9 Å². The van der Waals surface area contributed by atoms with Crippen molar-refractivity contribution < 1.29 is 0 Å². The van der Waals surface area contributed by atoms with E-state index in [1.807, 2.05) is 13.2 Å². The maximum Gasteiger partial charge on any atom is 0.129 e. The maximum absolute atomic E-state index is 5.99. The molecule has 0 saturated heterocycles. The van der Waals surface area contributed by atoms with Crippen molar-refractivity contribution in [3.8, 4) is 11.1 Å². The smallest absolute Gasteiger partial charge is 0.129 e. The van der Waals surface area contributed by atoms with Crippen LogP contribution >= 0.6 is 0 Å². The van der Waals surface area contributed by atoms with Crippen LogP contribution in [0.4, 0.5) is 5.82 Å². The first-order valence-corrected chi connectivity index (χ1v) is 6.55. The molecule has 3 nitrogen and oxygen atoms in total. The van der Waals surface area contributed by atoms with Crippen molar-refractivity contribution in [3.63, 3.8) is 0 Å². The summed E-state index contributed by atoms with van der Waals surface area (Å²) in [5.41, 5.74) is 9.54. The fraction of sp³-hybridized carbons (Fsp3) is 0.400. The largest absolute Gasteiger partial charge is 0.383 e. The number of aromatic nitrogens is 2. The summed E-state index contributed by atoms with van der Waals surface area (Å²) in [6, 6.07) is 8.70. The molecule has 0 atom stereocenters. The van der Waals surface area contributed by atoms with Gasteiger partial charge in [0.2, 0.25) is 0 Å². The number of hydrogen-bond acceptors (Lipinski definition) is 2. The van der Waals surface area contributed by atoms with Gasteiger partial charge in [-0.3, -0.25) is 4.68 Å². The van der Waals surface area contributed by atoms with E-state index in [0.29, 0.717) is 11.7 Å². The lowest BCUT2D eigenvalue weighted by Crippen LogP contribution is -1.98. The van der Waals surface area contributed by atoms with Crippen molar-refractivity contribution in [1.82, 2.24) is 9.78 Å². The van der Waals surface area contributed by atoms with Crippen LogP contribution in [0.15, 0.2) is 30.5 Å². The summed E-state index contributed by atoms with van der Waals surface area (Å²) < 4.78 is 1.70. The van der Waals surface area contributed by atoms with Crippen LogP contribution in [0.3, 0.4) is 0 Å². The fourth-order valence-corrected chi connectivity index (χ4v) is 2.36. The zero-order chi connectivity index (χ0) is 13.1. The minimum absolute atomic E-state index is 0.658. The third-order valence-corrected chi connectivity index (χ3v) is 3.66. The molecule has 1 aromatic heterocycles. The molecule has 2 aromatic rings. The maximum atomic E-state index is 5.99. The van der Waals surface area contributed by atoms with E-state index in [1.54, 1.807) is 4.68 Å². The molecule has 0 unspecified atom stereocenters. The second kappa shape index (κ2) is 5.25. The van der Waals surface area contributed by atoms with E-state index in [-0.39, 0.29) is 0 Å². The molecule has 0 spiro atoms. The molecule has 0 bridgehead atoms. The van der Waals surface area contributed by atoms with Gasteiger partial charge in [-0.25, -0.2) is 0 Å². The lowest BCUT2D eigenvalue weighted by molar-refractivity contribution is 0.642. The second-order valence-electron chi connectivity index (χ2n) is 4.70. The first-order valence-electron chi connectivity index (χ1n) is 6.55. The van der Waals surface area contributed by atoms with Gasteiger partial charge in [0.1, 0.15) is 5.82 Å². The number of anilines is 1. The molecule has 1 aromatic carbocycles. The third-order valence-electron chi connectivity index (χ3n) is 3.66. The van der Waals surface area contributed by atoms with Gasteiger partial charge in [-0.15, -0.1) is 0 Å². The summed E-state index contributed by atoms with van der Waals surface area (Å²) in [6.45, 7) is 4.47. The summed E-state index contributed by atoms with van der Waals surface area (Å²) in [6.07, 6.45) is 4.19. The normalized spacial score (nSPS) is 11.1. The number of nitrogen functional groups attached to an aromatic ring is 1. The molecule has 1 heterocycles. The van der Waals surface area contributed by atoms with E-state index in [1.165, 1.54) is 18.4 Å². The molecule has 18 heavy (non-hydrogen) atoms. The Hall–Kier alpha value is -1.77. The van der Waals surface area contributed by atoms with Gasteiger partial charge < -0.3 is 5.73 Å². The molecule has 0 saturated carbocycles. The van der Waals surface area contributed by atoms with Gasteiger partial charge in [-0.2, -0.15) is 5.10 Å². The number of nitrogens with zero attached hydrogens (tertiary/aromatic N) is 2. The van der Waals surface area contributed by atoms with Crippen LogP contribution in [0.1, 0.15) is 38.2 Å². The quantitative estimate of drug-likeness (QED) is 0.892. The molecular formula is C15H21N3. The monoisotopic (exact) mass is 243 g/mol. The topological polar surface area (TPSA) is 43.8 Å². The lowest BCUT2D eigenvalue weighted by Gasteiger charge is -2.13. The SMILES string of the molecule is CCC(CC)c1ccc(-c2cnn(C)c2N)cc1. The predicted octanol–water partition coefficient (Wildman–Crippen LogP) is 3.57. The standard InChI is InChI=1S/C15H21N3/c1-4-11(5-2)12-6-8-13(9-7-12)14-10-17-18(3)15(14)16/h6-11H,4-5,16H2,1-3H3. The fourth-order valence-electron chi connectivity index (χ4n) is 2.36. The molecule has 0 aliphatic heterocycles. The van der Waals surface area contributed by atoms with Gasteiger partial charge in [0.15, 0.2) is 0 Å². The number of benzene rings is 1. The highest BCUT2D eigenvalue weighted by Gasteiger charge is 2.09. The van der Waals surface area contributed by atoms with E-state index in [4.69, 9.17) is 5.73 Å². The molecule has 2 N–H and O–H groups in total. The van der Waals surface area contributed by atoms with Crippen molar-refractivity contribution >= 4 is 5.82 Å². The van der Waals surface area contributed by atoms with Crippen LogP contribution in [0, 0.1) is 0 Å². The molecule has 2 rings (SSSR count). The highest BCUT2D eigenvalue weighted by atomic mass is 15.3. The number of rotatable bonds is 4. The zero-order valence-corrected chi connectivity index (χ0v) is 11.4. The Morgan fingerprint density at radius 3 is 2.22 bits per heavy atom. The van der Waals surface area contributed by atoms with Crippen LogP contribution in [-0.2, 0) is 7.05 Å². The van der Waals surface area contributed by atoms with Crippen molar-refractivity contribution in [2.45, 2.75) is 32.6 Å². The molecule has 0 fully saturated rings. The number of aryl methyl sites for hydroxylation is 1. The van der Waals surface area contributed by atoms with E-state index in [9.17, 15) is 0 Å². The van der Waals surface area contributed by atoms with Crippen LogP contribution in [-0.4, -0.2) is 9.78 Å². The third kappa shape index (κ3) is 2.26. The van der Waals surface area contributed by atoms with E-state index in [0.717, 1.165) is 11.1 Å². The highest BCUT2D eigenvalue weighted by molar-refractivity contribution is 5.73. The second-order valence-corrected chi connectivity index (χ2v) is 4.70. The van der Waals surface area contributed by atoms with Gasteiger partial charge in [0.25, 0.3) is 0 Å². The zero-order valence-electron chi connectivity index (χ0n) is 11.4. The molecule has 0 amide bonds. The molecule has 0 aliphatic rings. The number of nitrogens with two attached hydrogens (primary N) is 1. The lowest BCUT2D eigenvalue weighted by atomic mass is 9.93. The van der Waals surface area contributed by atoms with Crippen LogP contribution in [0.5, 0.6) is 0 Å². The first kappa shape index (κ1) is 12.7. The summed E-state index contributed by atoms with van der Waals surface area (Å²) in [5, 5.41) is 4.17. The van der Waals surface area contributed by atoms with Gasteiger partial charge in [0.05, 0.1) is 6.20 Å². The van der Waals surface area contributed by atoms with Gasteiger partial charge in [0, 0.05) is 12.6 Å². The molecule has 96 valence electrons. The van der Waals surface area contributed by atoms with Crippen LogP contribution in [0.25, 0.3) is 11.1 Å². The van der Waals surface area contributed by atoms with E-state index < -0.39 is 0 Å². The summed E-state index contributed by atoms with van der Waals surface area (Å²) in [5.74, 6) is 1.37. The van der Waals surface area contributed by atoms with Crippen molar-refractivity contribution in [1.29, 1.82) is 0 Å². The van der Waals surface area contributed by atoms with Crippen molar-refractivity contribution in [2.75, 3.05) is 5.73 Å². The Kier molecular flexibility index (Phi) is 3.70. The van der Waals surface area contributed by atoms with Gasteiger partial charge >= 0.3 is 0 Å². The Labute approximate surface area is 109 Å². The Morgan fingerprint density at radius 2 is 1.78 bits per heavy atom. The Balaban J connectivity index is 2.30. The van der Waals surface area contributed by atoms with Crippen LogP contribution in [0.2, 0.25) is 0 Å². The first-order chi connectivity index (χ1) is 8.67. The Bertz CT molecular complexity index is 507. The van der Waals surface area contributed by atoms with Crippen LogP contribution < -0.4 is 5.73 Å². The summed E-state index contributed by atoms with van der Waals surface area (Å²) in [4.78, 5) is 0. The summed E-state index contributed by atoms with van der Waals surface area (Å²) >= 11 is 0.